The predicted octanol–water partition coefficient (Wildman–Crippen LogP) is 2.66. The number of hydrogen-bond donors (Lipinski definition) is 2. The minimum atomic E-state index is -0.243. The molecule has 0 spiro atoms. The van der Waals surface area contributed by atoms with Gasteiger partial charge in [0.1, 0.15) is 5.82 Å². The van der Waals surface area contributed by atoms with Gasteiger partial charge in [0.2, 0.25) is 0 Å². The quantitative estimate of drug-likeness (QED) is 0.652. The first-order chi connectivity index (χ1) is 9.49. The highest BCUT2D eigenvalue weighted by Crippen LogP contribution is 2.20. The van der Waals surface area contributed by atoms with Crippen LogP contribution in [0.4, 0.5) is 4.39 Å². The van der Waals surface area contributed by atoms with E-state index in [2.05, 4.69) is 24.4 Å². The molecule has 4 nitrogen and oxygen atoms in total. The molecule has 0 aliphatic rings. The number of hydrazine groups is 1. The largest absolute Gasteiger partial charge is 0.271 e. The van der Waals surface area contributed by atoms with Crippen molar-refractivity contribution in [2.75, 3.05) is 0 Å². The number of aromatic nitrogens is 2. The molecule has 1 unspecified atom stereocenters. The molecule has 1 aromatic carbocycles. The third-order valence-corrected chi connectivity index (χ3v) is 3.27. The zero-order valence-electron chi connectivity index (χ0n) is 12.1. The summed E-state index contributed by atoms with van der Waals surface area (Å²) in [6, 6.07) is 7.09. The predicted molar refractivity (Wildman–Crippen MR) is 77.5 cm³/mol. The van der Waals surface area contributed by atoms with Gasteiger partial charge in [0.05, 0.1) is 11.7 Å². The Labute approximate surface area is 118 Å². The lowest BCUT2D eigenvalue weighted by Gasteiger charge is -2.16. The maximum atomic E-state index is 13.5. The second-order valence-corrected chi connectivity index (χ2v) is 5.37. The summed E-state index contributed by atoms with van der Waals surface area (Å²) in [4.78, 5) is 0. The highest BCUT2D eigenvalue weighted by atomic mass is 19.1. The summed E-state index contributed by atoms with van der Waals surface area (Å²) < 4.78 is 15.4. The molecule has 0 aliphatic carbocycles. The standard InChI is InChI=1S/C15H21FN4/c1-10(2)20-5-4-14(19-20)9-15(18-17)12-6-11(3)7-13(16)8-12/h4-8,10,15,18H,9,17H2,1-3H3. The van der Waals surface area contributed by atoms with E-state index >= 15 is 0 Å². The second kappa shape index (κ2) is 6.15. The zero-order chi connectivity index (χ0) is 14.7. The molecule has 0 saturated heterocycles. The average molecular weight is 276 g/mol. The zero-order valence-corrected chi connectivity index (χ0v) is 12.1. The highest BCUT2D eigenvalue weighted by molar-refractivity contribution is 5.27. The van der Waals surface area contributed by atoms with Crippen molar-refractivity contribution >= 4 is 0 Å². The van der Waals surface area contributed by atoms with E-state index in [1.807, 2.05) is 29.9 Å². The highest BCUT2D eigenvalue weighted by Gasteiger charge is 2.14. The van der Waals surface area contributed by atoms with E-state index in [4.69, 9.17) is 5.84 Å². The molecule has 2 aromatic rings. The number of hydrogen-bond acceptors (Lipinski definition) is 3. The van der Waals surface area contributed by atoms with Crippen LogP contribution < -0.4 is 11.3 Å². The first kappa shape index (κ1) is 14.7. The topological polar surface area (TPSA) is 55.9 Å². The number of aryl methyl sites for hydroxylation is 1. The van der Waals surface area contributed by atoms with Crippen LogP contribution in [-0.4, -0.2) is 9.78 Å². The van der Waals surface area contributed by atoms with Crippen LogP contribution in [-0.2, 0) is 6.42 Å². The van der Waals surface area contributed by atoms with Gasteiger partial charge in [-0.15, -0.1) is 0 Å². The molecule has 1 aromatic heterocycles. The third kappa shape index (κ3) is 3.43. The van der Waals surface area contributed by atoms with Crippen LogP contribution in [0, 0.1) is 12.7 Å². The van der Waals surface area contributed by atoms with Gasteiger partial charge in [-0.05, 0) is 50.1 Å². The van der Waals surface area contributed by atoms with Crippen LogP contribution in [0.2, 0.25) is 0 Å². The van der Waals surface area contributed by atoms with Crippen LogP contribution >= 0.6 is 0 Å². The Morgan fingerprint density at radius 2 is 2.10 bits per heavy atom. The number of benzene rings is 1. The molecule has 1 atom stereocenters. The molecule has 108 valence electrons. The van der Waals surface area contributed by atoms with E-state index in [1.165, 1.54) is 12.1 Å². The van der Waals surface area contributed by atoms with Crippen molar-refractivity contribution in [3.05, 3.63) is 53.1 Å². The Morgan fingerprint density at radius 1 is 1.35 bits per heavy atom. The Balaban J connectivity index is 2.19. The van der Waals surface area contributed by atoms with E-state index in [0.717, 1.165) is 16.8 Å². The minimum Gasteiger partial charge on any atom is -0.271 e. The maximum Gasteiger partial charge on any atom is 0.123 e. The SMILES string of the molecule is Cc1cc(F)cc(C(Cc2ccn(C(C)C)n2)NN)c1. The minimum absolute atomic E-state index is 0.153. The van der Waals surface area contributed by atoms with E-state index in [0.29, 0.717) is 12.5 Å². The van der Waals surface area contributed by atoms with E-state index in [1.54, 1.807) is 0 Å². The molecule has 0 saturated carbocycles. The van der Waals surface area contributed by atoms with Gasteiger partial charge in [0.15, 0.2) is 0 Å². The van der Waals surface area contributed by atoms with Gasteiger partial charge >= 0.3 is 0 Å². The Bertz CT molecular complexity index is 557. The maximum absolute atomic E-state index is 13.5. The summed E-state index contributed by atoms with van der Waals surface area (Å²) in [5.74, 6) is 5.37. The summed E-state index contributed by atoms with van der Waals surface area (Å²) >= 11 is 0. The first-order valence-electron chi connectivity index (χ1n) is 6.77. The van der Waals surface area contributed by atoms with Gasteiger partial charge in [-0.3, -0.25) is 16.0 Å². The molecular formula is C15H21FN4. The molecule has 2 rings (SSSR count). The van der Waals surface area contributed by atoms with Crippen molar-refractivity contribution in [1.29, 1.82) is 0 Å². The number of nitrogens with two attached hydrogens (primary N) is 1. The van der Waals surface area contributed by atoms with E-state index < -0.39 is 0 Å². The number of rotatable bonds is 5. The first-order valence-corrected chi connectivity index (χ1v) is 6.77. The normalized spacial score (nSPS) is 12.9. The molecule has 0 amide bonds. The lowest BCUT2D eigenvalue weighted by molar-refractivity contribution is 0.505. The van der Waals surface area contributed by atoms with E-state index in [-0.39, 0.29) is 11.9 Å². The molecule has 0 radical (unpaired) electrons. The van der Waals surface area contributed by atoms with Crippen molar-refractivity contribution in [2.45, 2.75) is 39.3 Å². The molecule has 0 bridgehead atoms. The van der Waals surface area contributed by atoms with Crippen LogP contribution in [0.1, 0.15) is 42.8 Å². The van der Waals surface area contributed by atoms with Crippen LogP contribution in [0.3, 0.4) is 0 Å². The molecule has 3 N–H and O–H groups in total. The fourth-order valence-corrected chi connectivity index (χ4v) is 2.22. The van der Waals surface area contributed by atoms with Gasteiger partial charge in [0, 0.05) is 18.7 Å². The van der Waals surface area contributed by atoms with Crippen LogP contribution in [0.25, 0.3) is 0 Å². The van der Waals surface area contributed by atoms with Crippen molar-refractivity contribution in [1.82, 2.24) is 15.2 Å². The summed E-state index contributed by atoms with van der Waals surface area (Å²) in [5, 5.41) is 4.50. The summed E-state index contributed by atoms with van der Waals surface area (Å²) in [5.41, 5.74) is 5.40. The Morgan fingerprint density at radius 3 is 2.65 bits per heavy atom. The lowest BCUT2D eigenvalue weighted by atomic mass is 10.0. The van der Waals surface area contributed by atoms with Gasteiger partial charge in [-0.1, -0.05) is 6.07 Å². The fourth-order valence-electron chi connectivity index (χ4n) is 2.22. The van der Waals surface area contributed by atoms with Crippen molar-refractivity contribution in [3.8, 4) is 0 Å². The van der Waals surface area contributed by atoms with Gasteiger partial charge in [-0.2, -0.15) is 5.10 Å². The van der Waals surface area contributed by atoms with Gasteiger partial charge in [-0.25, -0.2) is 4.39 Å². The Hall–Kier alpha value is -1.72. The van der Waals surface area contributed by atoms with Crippen LogP contribution in [0.5, 0.6) is 0 Å². The van der Waals surface area contributed by atoms with Crippen LogP contribution in [0.15, 0.2) is 30.5 Å². The van der Waals surface area contributed by atoms with Crippen molar-refractivity contribution in [2.24, 2.45) is 5.84 Å². The lowest BCUT2D eigenvalue weighted by Crippen LogP contribution is -2.30. The molecule has 1 heterocycles. The number of nitrogens with one attached hydrogen (secondary N) is 1. The number of nitrogens with zero attached hydrogens (tertiary/aromatic N) is 2. The van der Waals surface area contributed by atoms with Crippen molar-refractivity contribution in [3.63, 3.8) is 0 Å². The Kier molecular flexibility index (Phi) is 4.52. The summed E-state index contributed by atoms with van der Waals surface area (Å²) in [7, 11) is 0. The molecule has 5 heteroatoms. The average Bonchev–Trinajstić information content (AvgIpc) is 2.83. The molecule has 20 heavy (non-hydrogen) atoms. The summed E-state index contributed by atoms with van der Waals surface area (Å²) in [6.07, 6.45) is 2.57. The third-order valence-electron chi connectivity index (χ3n) is 3.27. The smallest absolute Gasteiger partial charge is 0.123 e. The molecular weight excluding hydrogens is 255 g/mol. The monoisotopic (exact) mass is 276 g/mol. The fraction of sp³-hybridized carbons (Fsp3) is 0.400. The van der Waals surface area contributed by atoms with Crippen molar-refractivity contribution < 1.29 is 4.39 Å². The summed E-state index contributed by atoms with van der Waals surface area (Å²) in [6.45, 7) is 6.02. The number of halogens is 1. The second-order valence-electron chi connectivity index (χ2n) is 5.37. The van der Waals surface area contributed by atoms with Gasteiger partial charge < -0.3 is 0 Å². The molecule has 0 fully saturated rings. The molecule has 0 aliphatic heterocycles. The van der Waals surface area contributed by atoms with Gasteiger partial charge in [0.25, 0.3) is 0 Å². The van der Waals surface area contributed by atoms with E-state index in [9.17, 15) is 4.39 Å².